The Morgan fingerprint density at radius 3 is 2.68 bits per heavy atom. The van der Waals surface area contributed by atoms with Crippen LogP contribution in [-0.4, -0.2) is 47.0 Å². The average molecular weight is 424 g/mol. The van der Waals surface area contributed by atoms with Gasteiger partial charge in [0.25, 0.3) is 5.91 Å². The zero-order valence-corrected chi connectivity index (χ0v) is 18.2. The zero-order chi connectivity index (χ0) is 21.8. The molecule has 2 N–H and O–H groups in total. The number of carbonyl (C=O) groups is 1. The minimum absolute atomic E-state index is 0.164. The normalized spacial score (nSPS) is 15.6. The Balaban J connectivity index is 1.62. The summed E-state index contributed by atoms with van der Waals surface area (Å²) in [4.78, 5) is 17.8. The molecule has 2 aromatic heterocycles. The van der Waals surface area contributed by atoms with Gasteiger partial charge in [-0.15, -0.1) is 0 Å². The van der Waals surface area contributed by atoms with E-state index in [-0.39, 0.29) is 18.0 Å². The number of fused-ring (bicyclic) bond motifs is 1. The van der Waals surface area contributed by atoms with Crippen LogP contribution >= 0.6 is 0 Å². The number of nitrogens with one attached hydrogen (secondary N) is 2. The van der Waals surface area contributed by atoms with Gasteiger partial charge in [-0.3, -0.25) is 4.79 Å². The first-order chi connectivity index (χ1) is 15.1. The van der Waals surface area contributed by atoms with Gasteiger partial charge in [0.05, 0.1) is 36.0 Å². The van der Waals surface area contributed by atoms with Crippen LogP contribution in [0.4, 0.5) is 5.69 Å². The van der Waals surface area contributed by atoms with Crippen molar-refractivity contribution in [1.29, 1.82) is 0 Å². The van der Waals surface area contributed by atoms with E-state index in [4.69, 9.17) is 9.47 Å². The number of hydrogen-bond donors (Lipinski definition) is 2. The van der Waals surface area contributed by atoms with Crippen LogP contribution in [0.15, 0.2) is 36.7 Å². The molecule has 1 fully saturated rings. The fraction of sp³-hybridized carbons (Fsp3) is 0.435. The number of amides is 1. The zero-order valence-electron chi connectivity index (χ0n) is 18.2. The number of hydrogen-bond acceptors (Lipinski definition) is 6. The maximum Gasteiger partial charge on any atom is 0.255 e. The Kier molecular flexibility index (Phi) is 6.36. The molecule has 31 heavy (non-hydrogen) atoms. The Morgan fingerprint density at radius 1 is 1.26 bits per heavy atom. The molecular formula is C23H29N5O3. The van der Waals surface area contributed by atoms with Gasteiger partial charge >= 0.3 is 0 Å². The first kappa shape index (κ1) is 21.1. The third-order valence-electron chi connectivity index (χ3n) is 5.74. The highest BCUT2D eigenvalue weighted by Gasteiger charge is 2.23. The van der Waals surface area contributed by atoms with Crippen molar-refractivity contribution in [1.82, 2.24) is 20.1 Å². The largest absolute Gasteiger partial charge is 0.497 e. The lowest BCUT2D eigenvalue weighted by Crippen LogP contribution is -2.31. The highest BCUT2D eigenvalue weighted by Crippen LogP contribution is 2.29. The molecule has 0 radical (unpaired) electrons. The Labute approximate surface area is 181 Å². The van der Waals surface area contributed by atoms with Gasteiger partial charge in [0.1, 0.15) is 5.75 Å². The van der Waals surface area contributed by atoms with Crippen molar-refractivity contribution in [2.24, 2.45) is 0 Å². The van der Waals surface area contributed by atoms with E-state index in [1.54, 1.807) is 19.5 Å². The highest BCUT2D eigenvalue weighted by atomic mass is 16.5. The Bertz CT molecular complexity index is 1040. The van der Waals surface area contributed by atoms with E-state index in [2.05, 4.69) is 20.7 Å². The average Bonchev–Trinajstić information content (AvgIpc) is 3.23. The molecule has 1 saturated heterocycles. The molecule has 0 bridgehead atoms. The molecule has 0 unspecified atom stereocenters. The van der Waals surface area contributed by atoms with Crippen molar-refractivity contribution in [2.75, 3.05) is 25.6 Å². The summed E-state index contributed by atoms with van der Waals surface area (Å²) in [6.07, 6.45) is 5.23. The number of pyridine rings is 1. The minimum atomic E-state index is -0.170. The van der Waals surface area contributed by atoms with Crippen LogP contribution in [0, 0.1) is 0 Å². The lowest BCUT2D eigenvalue weighted by atomic mass is 10.1. The molecule has 1 aromatic carbocycles. The topological polar surface area (TPSA) is 90.3 Å². The molecule has 0 saturated carbocycles. The molecule has 0 aliphatic carbocycles. The monoisotopic (exact) mass is 423 g/mol. The Hall–Kier alpha value is -3.13. The van der Waals surface area contributed by atoms with Crippen molar-refractivity contribution >= 4 is 22.6 Å². The van der Waals surface area contributed by atoms with Crippen molar-refractivity contribution in [3.8, 4) is 5.75 Å². The molecule has 0 spiro atoms. The molecule has 1 aliphatic rings. The lowest BCUT2D eigenvalue weighted by Gasteiger charge is -2.26. The summed E-state index contributed by atoms with van der Waals surface area (Å²) in [5.74, 6) is 0.615. The van der Waals surface area contributed by atoms with Gasteiger partial charge in [-0.1, -0.05) is 12.1 Å². The summed E-state index contributed by atoms with van der Waals surface area (Å²) in [7, 11) is 1.64. The molecule has 164 valence electrons. The van der Waals surface area contributed by atoms with Crippen molar-refractivity contribution in [3.05, 3.63) is 47.8 Å². The molecule has 4 rings (SSSR count). The van der Waals surface area contributed by atoms with E-state index < -0.39 is 0 Å². The number of ether oxygens (including phenoxy) is 2. The first-order valence-corrected chi connectivity index (χ1v) is 10.7. The van der Waals surface area contributed by atoms with Crippen LogP contribution < -0.4 is 15.4 Å². The third-order valence-corrected chi connectivity index (χ3v) is 5.74. The minimum Gasteiger partial charge on any atom is -0.497 e. The van der Waals surface area contributed by atoms with Crippen LogP contribution in [0.3, 0.4) is 0 Å². The van der Waals surface area contributed by atoms with Crippen molar-refractivity contribution in [3.63, 3.8) is 0 Å². The molecular weight excluding hydrogens is 394 g/mol. The van der Waals surface area contributed by atoms with Crippen molar-refractivity contribution < 1.29 is 14.3 Å². The van der Waals surface area contributed by atoms with Crippen LogP contribution in [0.25, 0.3) is 11.0 Å². The second-order valence-corrected chi connectivity index (χ2v) is 7.74. The maximum atomic E-state index is 13.3. The Morgan fingerprint density at radius 2 is 2.00 bits per heavy atom. The first-order valence-electron chi connectivity index (χ1n) is 10.7. The summed E-state index contributed by atoms with van der Waals surface area (Å²) in [5.41, 5.74) is 3.09. The predicted octanol–water partition coefficient (Wildman–Crippen LogP) is 3.54. The number of aromatic nitrogens is 3. The fourth-order valence-corrected chi connectivity index (χ4v) is 3.88. The van der Waals surface area contributed by atoms with Gasteiger partial charge in [-0.2, -0.15) is 5.10 Å². The second-order valence-electron chi connectivity index (χ2n) is 7.74. The molecule has 3 heterocycles. The van der Waals surface area contributed by atoms with Crippen LogP contribution in [0.2, 0.25) is 0 Å². The molecule has 8 heteroatoms. The summed E-state index contributed by atoms with van der Waals surface area (Å²) < 4.78 is 12.5. The van der Waals surface area contributed by atoms with Gasteiger partial charge in [-0.25, -0.2) is 9.67 Å². The fourth-order valence-electron chi connectivity index (χ4n) is 3.88. The standard InChI is InChI=1S/C23H29N5O3/c1-4-28-22-19(14-25-28)21(27-17-9-11-31-12-10-17)20(13-24-22)23(29)26-15(2)16-5-7-18(30-3)8-6-16/h5-8,13-15,17H,4,9-12H2,1-3H3,(H,24,27)(H,26,29)/t15-/m1/s1. The number of carbonyl (C=O) groups excluding carboxylic acids is 1. The summed E-state index contributed by atoms with van der Waals surface area (Å²) in [6.45, 7) is 6.14. The number of aryl methyl sites for hydroxylation is 1. The van der Waals surface area contributed by atoms with Crippen LogP contribution in [0.5, 0.6) is 5.75 Å². The summed E-state index contributed by atoms with van der Waals surface area (Å²) in [5, 5.41) is 12.0. The van der Waals surface area contributed by atoms with E-state index in [0.717, 1.165) is 54.1 Å². The molecule has 1 aliphatic heterocycles. The second kappa shape index (κ2) is 9.34. The number of anilines is 1. The number of rotatable bonds is 7. The van der Waals surface area contributed by atoms with E-state index >= 15 is 0 Å². The molecule has 1 amide bonds. The van der Waals surface area contributed by atoms with E-state index in [9.17, 15) is 4.79 Å². The molecule has 8 nitrogen and oxygen atoms in total. The van der Waals surface area contributed by atoms with Crippen LogP contribution in [0.1, 0.15) is 48.7 Å². The number of nitrogens with zero attached hydrogens (tertiary/aromatic N) is 3. The van der Waals surface area contributed by atoms with Gasteiger partial charge in [-0.05, 0) is 44.4 Å². The molecule has 3 aromatic rings. The van der Waals surface area contributed by atoms with E-state index in [0.29, 0.717) is 12.1 Å². The predicted molar refractivity (Wildman–Crippen MR) is 120 cm³/mol. The van der Waals surface area contributed by atoms with Gasteiger partial charge in [0.2, 0.25) is 0 Å². The van der Waals surface area contributed by atoms with Crippen molar-refractivity contribution in [2.45, 2.75) is 45.3 Å². The maximum absolute atomic E-state index is 13.3. The number of benzene rings is 1. The molecule has 1 atom stereocenters. The lowest BCUT2D eigenvalue weighted by molar-refractivity contribution is 0.0903. The quantitative estimate of drug-likeness (QED) is 0.604. The highest BCUT2D eigenvalue weighted by molar-refractivity contribution is 6.06. The van der Waals surface area contributed by atoms with E-state index in [1.165, 1.54) is 0 Å². The summed E-state index contributed by atoms with van der Waals surface area (Å²) in [6, 6.07) is 7.78. The van der Waals surface area contributed by atoms with Crippen LogP contribution in [-0.2, 0) is 11.3 Å². The third kappa shape index (κ3) is 4.49. The van der Waals surface area contributed by atoms with Gasteiger partial charge < -0.3 is 20.1 Å². The number of methoxy groups -OCH3 is 1. The summed E-state index contributed by atoms with van der Waals surface area (Å²) >= 11 is 0. The van der Waals surface area contributed by atoms with Gasteiger partial charge in [0.15, 0.2) is 5.65 Å². The smallest absolute Gasteiger partial charge is 0.255 e. The van der Waals surface area contributed by atoms with E-state index in [1.807, 2.05) is 42.8 Å². The SMILES string of the molecule is CCn1ncc2c(NC3CCOCC3)c(C(=O)N[C@H](C)c3ccc(OC)cc3)cnc21. The van der Waals surface area contributed by atoms with Gasteiger partial charge in [0, 0.05) is 32.0 Å².